The van der Waals surface area contributed by atoms with E-state index < -0.39 is 0 Å². The Balaban J connectivity index is 2.27. The minimum atomic E-state index is 0.426. The normalized spacial score (nSPS) is 20.5. The Morgan fingerprint density at radius 3 is 2.46 bits per heavy atom. The van der Waals surface area contributed by atoms with Crippen LogP contribution in [0.1, 0.15) is 52.4 Å². The molecule has 0 aliphatic heterocycles. The molecule has 0 atom stereocenters. The van der Waals surface area contributed by atoms with E-state index in [4.69, 9.17) is 5.41 Å². The topological polar surface area (TPSA) is 35.9 Å². The summed E-state index contributed by atoms with van der Waals surface area (Å²) in [6.07, 6.45) is 7.57. The van der Waals surface area contributed by atoms with Crippen molar-refractivity contribution in [2.24, 2.45) is 0 Å². The van der Waals surface area contributed by atoms with Crippen LogP contribution in [0.2, 0.25) is 0 Å². The molecule has 1 fully saturated rings. The Labute approximate surface area is 81.6 Å². The van der Waals surface area contributed by atoms with Gasteiger partial charge in [0.25, 0.3) is 0 Å². The zero-order valence-corrected chi connectivity index (χ0v) is 8.95. The third kappa shape index (κ3) is 3.11. The van der Waals surface area contributed by atoms with Gasteiger partial charge in [-0.15, -0.1) is 0 Å². The van der Waals surface area contributed by atoms with E-state index in [9.17, 15) is 0 Å². The van der Waals surface area contributed by atoms with Gasteiger partial charge < -0.3 is 10.7 Å². The summed E-state index contributed by atoms with van der Waals surface area (Å²) in [5.41, 5.74) is 1.21. The van der Waals surface area contributed by atoms with Crippen LogP contribution in [0.15, 0.2) is 0 Å². The fourth-order valence-electron chi connectivity index (χ4n) is 2.22. The Kier molecular flexibility index (Phi) is 3.91. The van der Waals surface area contributed by atoms with Crippen molar-refractivity contribution in [3.63, 3.8) is 0 Å². The molecule has 2 nitrogen and oxygen atoms in total. The second kappa shape index (κ2) is 4.75. The van der Waals surface area contributed by atoms with E-state index in [0.29, 0.717) is 5.54 Å². The van der Waals surface area contributed by atoms with Crippen LogP contribution in [0.5, 0.6) is 0 Å². The van der Waals surface area contributed by atoms with Crippen molar-refractivity contribution in [3.05, 3.63) is 0 Å². The molecule has 2 heteroatoms. The lowest BCUT2D eigenvalue weighted by atomic mass is 9.94. The predicted octanol–water partition coefficient (Wildman–Crippen LogP) is 2.73. The number of hydrogen-bond acceptors (Lipinski definition) is 2. The van der Waals surface area contributed by atoms with Crippen molar-refractivity contribution >= 4 is 5.71 Å². The molecule has 2 N–H and O–H groups in total. The van der Waals surface area contributed by atoms with Gasteiger partial charge >= 0.3 is 0 Å². The summed E-state index contributed by atoms with van der Waals surface area (Å²) < 4.78 is 0. The highest BCUT2D eigenvalue weighted by Gasteiger charge is 2.30. The fourth-order valence-corrected chi connectivity index (χ4v) is 2.22. The summed E-state index contributed by atoms with van der Waals surface area (Å²) in [4.78, 5) is 0. The van der Waals surface area contributed by atoms with E-state index in [0.717, 1.165) is 18.7 Å². The minimum absolute atomic E-state index is 0.426. The smallest absolute Gasteiger partial charge is 0.0179 e. The summed E-state index contributed by atoms with van der Waals surface area (Å²) in [6.45, 7) is 5.15. The molecule has 1 saturated carbocycles. The van der Waals surface area contributed by atoms with Gasteiger partial charge in [-0.05, 0) is 32.6 Å². The standard InChI is InChI=1S/C11H22N2/c1-3-11(7-4-5-8-11)13-9-6-10(2)12/h12-13H,3-9H2,1-2H3. The van der Waals surface area contributed by atoms with Crippen molar-refractivity contribution in [1.82, 2.24) is 5.32 Å². The quantitative estimate of drug-likeness (QED) is 0.630. The van der Waals surface area contributed by atoms with Crippen LogP contribution in [0, 0.1) is 5.41 Å². The van der Waals surface area contributed by atoms with Crippen molar-refractivity contribution in [1.29, 1.82) is 5.41 Å². The first kappa shape index (κ1) is 10.7. The second-order valence-corrected chi connectivity index (χ2v) is 4.30. The van der Waals surface area contributed by atoms with Crippen LogP contribution in [0.3, 0.4) is 0 Å². The van der Waals surface area contributed by atoms with Gasteiger partial charge in [0.05, 0.1) is 0 Å². The molecule has 0 saturated heterocycles. The fraction of sp³-hybridized carbons (Fsp3) is 0.909. The molecule has 0 unspecified atom stereocenters. The summed E-state index contributed by atoms with van der Waals surface area (Å²) >= 11 is 0. The number of rotatable bonds is 5. The highest BCUT2D eigenvalue weighted by molar-refractivity contribution is 5.78. The van der Waals surface area contributed by atoms with Crippen LogP contribution in [-0.4, -0.2) is 17.8 Å². The summed E-state index contributed by atoms with van der Waals surface area (Å²) in [6, 6.07) is 0. The van der Waals surface area contributed by atoms with Crippen LogP contribution < -0.4 is 5.32 Å². The van der Waals surface area contributed by atoms with Crippen LogP contribution >= 0.6 is 0 Å². The lowest BCUT2D eigenvalue weighted by Crippen LogP contribution is -2.42. The summed E-state index contributed by atoms with van der Waals surface area (Å²) in [5.74, 6) is 0. The maximum atomic E-state index is 7.35. The van der Waals surface area contributed by atoms with Gasteiger partial charge in [0, 0.05) is 17.8 Å². The van der Waals surface area contributed by atoms with Crippen LogP contribution in [-0.2, 0) is 0 Å². The van der Waals surface area contributed by atoms with Gasteiger partial charge in [-0.1, -0.05) is 19.8 Å². The lowest BCUT2D eigenvalue weighted by molar-refractivity contribution is 0.325. The van der Waals surface area contributed by atoms with Gasteiger partial charge in [0.15, 0.2) is 0 Å². The maximum absolute atomic E-state index is 7.35. The highest BCUT2D eigenvalue weighted by atomic mass is 15.0. The van der Waals surface area contributed by atoms with Crippen molar-refractivity contribution in [2.75, 3.05) is 6.54 Å². The Morgan fingerprint density at radius 1 is 1.38 bits per heavy atom. The molecule has 76 valence electrons. The molecular formula is C11H22N2. The molecular weight excluding hydrogens is 160 g/mol. The molecule has 0 radical (unpaired) electrons. The molecule has 0 amide bonds. The lowest BCUT2D eigenvalue weighted by Gasteiger charge is -2.29. The first-order chi connectivity index (χ1) is 6.18. The number of hydrogen-bond donors (Lipinski definition) is 2. The van der Waals surface area contributed by atoms with E-state index in [1.54, 1.807) is 0 Å². The van der Waals surface area contributed by atoms with Gasteiger partial charge in [-0.25, -0.2) is 0 Å². The maximum Gasteiger partial charge on any atom is 0.0179 e. The second-order valence-electron chi connectivity index (χ2n) is 4.30. The molecule has 0 aromatic rings. The average Bonchev–Trinajstić information content (AvgIpc) is 2.53. The zero-order valence-electron chi connectivity index (χ0n) is 8.95. The van der Waals surface area contributed by atoms with Crippen LogP contribution in [0.4, 0.5) is 0 Å². The largest absolute Gasteiger partial charge is 0.311 e. The molecule has 1 rings (SSSR count). The molecule has 0 bridgehead atoms. The van der Waals surface area contributed by atoms with Gasteiger partial charge in [0.1, 0.15) is 0 Å². The molecule has 0 spiro atoms. The SMILES string of the molecule is CCC1(NCCC(C)=N)CCCC1. The zero-order chi connectivity index (χ0) is 9.73. The Bertz CT molecular complexity index is 169. The van der Waals surface area contributed by atoms with E-state index in [2.05, 4.69) is 12.2 Å². The monoisotopic (exact) mass is 182 g/mol. The minimum Gasteiger partial charge on any atom is -0.311 e. The molecule has 1 aliphatic carbocycles. The third-order valence-electron chi connectivity index (χ3n) is 3.24. The van der Waals surface area contributed by atoms with E-state index in [1.165, 1.54) is 32.1 Å². The Hall–Kier alpha value is -0.370. The third-order valence-corrected chi connectivity index (χ3v) is 3.24. The number of nitrogens with one attached hydrogen (secondary N) is 2. The van der Waals surface area contributed by atoms with E-state index in [1.807, 2.05) is 6.92 Å². The average molecular weight is 182 g/mol. The molecule has 0 aromatic heterocycles. The molecule has 0 aromatic carbocycles. The van der Waals surface area contributed by atoms with E-state index >= 15 is 0 Å². The summed E-state index contributed by atoms with van der Waals surface area (Å²) in [7, 11) is 0. The Morgan fingerprint density at radius 2 is 2.00 bits per heavy atom. The van der Waals surface area contributed by atoms with Gasteiger partial charge in [-0.2, -0.15) is 0 Å². The summed E-state index contributed by atoms with van der Waals surface area (Å²) in [5, 5.41) is 11.0. The predicted molar refractivity (Wildman–Crippen MR) is 57.5 cm³/mol. The first-order valence-corrected chi connectivity index (χ1v) is 5.47. The molecule has 13 heavy (non-hydrogen) atoms. The van der Waals surface area contributed by atoms with Crippen molar-refractivity contribution < 1.29 is 0 Å². The molecule has 1 aliphatic rings. The van der Waals surface area contributed by atoms with Crippen molar-refractivity contribution in [3.8, 4) is 0 Å². The van der Waals surface area contributed by atoms with Gasteiger partial charge in [0.2, 0.25) is 0 Å². The highest BCUT2D eigenvalue weighted by Crippen LogP contribution is 2.32. The van der Waals surface area contributed by atoms with Crippen molar-refractivity contribution in [2.45, 2.75) is 57.9 Å². The van der Waals surface area contributed by atoms with E-state index in [-0.39, 0.29) is 0 Å². The van der Waals surface area contributed by atoms with Gasteiger partial charge in [-0.3, -0.25) is 0 Å². The van der Waals surface area contributed by atoms with Crippen LogP contribution in [0.25, 0.3) is 0 Å². The molecule has 0 heterocycles. The first-order valence-electron chi connectivity index (χ1n) is 5.47.